The maximum Gasteiger partial charge on any atom is 0.158 e. The molecule has 5 rings (SSSR count). The zero-order valence-electron chi connectivity index (χ0n) is 15.0. The summed E-state index contributed by atoms with van der Waals surface area (Å²) in [7, 11) is 0. The summed E-state index contributed by atoms with van der Waals surface area (Å²) in [6, 6.07) is 9.41. The molecule has 1 aliphatic heterocycles. The van der Waals surface area contributed by atoms with Gasteiger partial charge in [-0.25, -0.2) is 19.6 Å². The number of halogens is 1. The van der Waals surface area contributed by atoms with Crippen LogP contribution in [0.5, 0.6) is 0 Å². The van der Waals surface area contributed by atoms with Crippen LogP contribution in [-0.2, 0) is 0 Å². The van der Waals surface area contributed by atoms with Crippen LogP contribution in [0, 0.1) is 0 Å². The first kappa shape index (κ1) is 16.9. The van der Waals surface area contributed by atoms with Gasteiger partial charge in [-0.3, -0.25) is 4.98 Å². The minimum absolute atomic E-state index is 0.669. The molecule has 140 valence electrons. The quantitative estimate of drug-likeness (QED) is 0.530. The molecule has 0 amide bonds. The average Bonchev–Trinajstić information content (AvgIpc) is 3.29. The first-order valence-corrected chi connectivity index (χ1v) is 9.38. The SMILES string of the molecule is Clc1ccc2nc(N3CCN(c4cc(-n5cccn5)ncn4)CC3)cnc2c1. The number of fused-ring (bicyclic) bond motifs is 1. The van der Waals surface area contributed by atoms with Crippen LogP contribution in [0.4, 0.5) is 11.6 Å². The Labute approximate surface area is 166 Å². The molecule has 0 radical (unpaired) electrons. The van der Waals surface area contributed by atoms with Gasteiger partial charge >= 0.3 is 0 Å². The zero-order valence-corrected chi connectivity index (χ0v) is 15.7. The smallest absolute Gasteiger partial charge is 0.158 e. The predicted octanol–water partition coefficient (Wildman–Crippen LogP) is 2.59. The van der Waals surface area contributed by atoms with Gasteiger partial charge in [-0.05, 0) is 24.3 Å². The minimum atomic E-state index is 0.669. The molecule has 3 aromatic heterocycles. The summed E-state index contributed by atoms with van der Waals surface area (Å²) in [6.07, 6.45) is 7.00. The van der Waals surface area contributed by atoms with Gasteiger partial charge in [-0.1, -0.05) is 11.6 Å². The summed E-state index contributed by atoms with van der Waals surface area (Å²) in [5.74, 6) is 2.55. The molecule has 4 heterocycles. The third-order valence-electron chi connectivity index (χ3n) is 4.80. The maximum absolute atomic E-state index is 6.03. The summed E-state index contributed by atoms with van der Waals surface area (Å²) < 4.78 is 1.73. The molecule has 0 N–H and O–H groups in total. The van der Waals surface area contributed by atoms with Gasteiger partial charge in [0.2, 0.25) is 0 Å². The van der Waals surface area contributed by atoms with Crippen molar-refractivity contribution in [3.05, 3.63) is 60.3 Å². The van der Waals surface area contributed by atoms with Gasteiger partial charge in [-0.15, -0.1) is 0 Å². The molecular weight excluding hydrogens is 376 g/mol. The molecule has 0 unspecified atom stereocenters. The fraction of sp³-hybridized carbons (Fsp3) is 0.211. The van der Waals surface area contributed by atoms with Crippen LogP contribution in [0.25, 0.3) is 16.9 Å². The molecule has 1 aromatic carbocycles. The number of hydrogen-bond acceptors (Lipinski definition) is 7. The van der Waals surface area contributed by atoms with E-state index in [1.807, 2.05) is 42.7 Å². The first-order valence-electron chi connectivity index (χ1n) is 9.00. The normalized spacial score (nSPS) is 14.6. The second-order valence-electron chi connectivity index (χ2n) is 6.52. The van der Waals surface area contributed by atoms with Gasteiger partial charge in [0.25, 0.3) is 0 Å². The Morgan fingerprint density at radius 1 is 0.821 bits per heavy atom. The number of piperazine rings is 1. The summed E-state index contributed by atoms with van der Waals surface area (Å²) in [5, 5.41) is 4.90. The molecule has 4 aromatic rings. The van der Waals surface area contributed by atoms with Crippen molar-refractivity contribution in [2.24, 2.45) is 0 Å². The largest absolute Gasteiger partial charge is 0.353 e. The zero-order chi connectivity index (χ0) is 18.9. The highest BCUT2D eigenvalue weighted by molar-refractivity contribution is 6.31. The molecule has 0 aliphatic carbocycles. The van der Waals surface area contributed by atoms with Crippen molar-refractivity contribution in [1.82, 2.24) is 29.7 Å². The second-order valence-corrected chi connectivity index (χ2v) is 6.96. The number of anilines is 2. The van der Waals surface area contributed by atoms with Crippen LogP contribution in [0.15, 0.2) is 55.2 Å². The molecule has 0 spiro atoms. The van der Waals surface area contributed by atoms with Crippen molar-refractivity contribution < 1.29 is 0 Å². The van der Waals surface area contributed by atoms with Crippen molar-refractivity contribution in [2.75, 3.05) is 36.0 Å². The van der Waals surface area contributed by atoms with Crippen LogP contribution in [0.2, 0.25) is 5.02 Å². The van der Waals surface area contributed by atoms with Crippen molar-refractivity contribution in [2.45, 2.75) is 0 Å². The van der Waals surface area contributed by atoms with Gasteiger partial charge in [-0.2, -0.15) is 5.10 Å². The van der Waals surface area contributed by atoms with E-state index in [0.29, 0.717) is 5.02 Å². The van der Waals surface area contributed by atoms with E-state index in [1.54, 1.807) is 17.2 Å². The predicted molar refractivity (Wildman–Crippen MR) is 108 cm³/mol. The summed E-state index contributed by atoms with van der Waals surface area (Å²) in [4.78, 5) is 22.5. The van der Waals surface area contributed by atoms with Crippen LogP contribution in [-0.4, -0.2) is 55.9 Å². The third-order valence-corrected chi connectivity index (χ3v) is 5.03. The lowest BCUT2D eigenvalue weighted by Crippen LogP contribution is -2.47. The molecule has 0 atom stereocenters. The van der Waals surface area contributed by atoms with E-state index >= 15 is 0 Å². The van der Waals surface area contributed by atoms with E-state index in [1.165, 1.54) is 0 Å². The molecule has 0 bridgehead atoms. The third kappa shape index (κ3) is 3.22. The van der Waals surface area contributed by atoms with E-state index in [-0.39, 0.29) is 0 Å². The Morgan fingerprint density at radius 3 is 2.39 bits per heavy atom. The molecule has 8 nitrogen and oxygen atoms in total. The molecule has 1 aliphatic rings. The number of aromatic nitrogens is 6. The standard InChI is InChI=1S/C19H17ClN8/c20-14-2-3-15-16(10-14)21-12-19(25-15)27-8-6-26(7-9-27)17-11-18(23-13-22-17)28-5-1-4-24-28/h1-5,10-13H,6-9H2. The number of rotatable bonds is 3. The van der Waals surface area contributed by atoms with E-state index in [2.05, 4.69) is 29.9 Å². The highest BCUT2D eigenvalue weighted by Gasteiger charge is 2.20. The van der Waals surface area contributed by atoms with Crippen LogP contribution >= 0.6 is 11.6 Å². The van der Waals surface area contributed by atoms with Gasteiger partial charge < -0.3 is 9.80 Å². The van der Waals surface area contributed by atoms with Gasteiger partial charge in [0, 0.05) is 49.7 Å². The van der Waals surface area contributed by atoms with Crippen molar-refractivity contribution in [1.29, 1.82) is 0 Å². The van der Waals surface area contributed by atoms with E-state index in [0.717, 1.165) is 54.7 Å². The van der Waals surface area contributed by atoms with Crippen molar-refractivity contribution in [3.8, 4) is 5.82 Å². The highest BCUT2D eigenvalue weighted by Crippen LogP contribution is 2.21. The number of benzene rings is 1. The lowest BCUT2D eigenvalue weighted by atomic mass is 10.3. The summed E-state index contributed by atoms with van der Waals surface area (Å²) in [5.41, 5.74) is 1.66. The Bertz CT molecular complexity index is 1110. The lowest BCUT2D eigenvalue weighted by molar-refractivity contribution is 0.640. The van der Waals surface area contributed by atoms with Gasteiger partial charge in [0.1, 0.15) is 18.0 Å². The lowest BCUT2D eigenvalue weighted by Gasteiger charge is -2.35. The maximum atomic E-state index is 6.03. The van der Waals surface area contributed by atoms with Gasteiger partial charge in [0.15, 0.2) is 5.82 Å². The van der Waals surface area contributed by atoms with Crippen molar-refractivity contribution in [3.63, 3.8) is 0 Å². The molecular formula is C19H17ClN8. The van der Waals surface area contributed by atoms with Crippen LogP contribution in [0.3, 0.4) is 0 Å². The van der Waals surface area contributed by atoms with Crippen LogP contribution in [0.1, 0.15) is 0 Å². The Morgan fingerprint density at radius 2 is 1.61 bits per heavy atom. The van der Waals surface area contributed by atoms with E-state index < -0.39 is 0 Å². The highest BCUT2D eigenvalue weighted by atomic mass is 35.5. The fourth-order valence-electron chi connectivity index (χ4n) is 3.33. The molecule has 9 heteroatoms. The Kier molecular flexibility index (Phi) is 4.25. The summed E-state index contributed by atoms with van der Waals surface area (Å²) >= 11 is 6.03. The van der Waals surface area contributed by atoms with E-state index in [4.69, 9.17) is 16.6 Å². The molecule has 1 fully saturated rings. The van der Waals surface area contributed by atoms with Crippen molar-refractivity contribution >= 4 is 34.3 Å². The van der Waals surface area contributed by atoms with Crippen LogP contribution < -0.4 is 9.80 Å². The number of hydrogen-bond donors (Lipinski definition) is 0. The Balaban J connectivity index is 1.31. The first-order chi connectivity index (χ1) is 13.8. The van der Waals surface area contributed by atoms with Gasteiger partial charge in [0.05, 0.1) is 17.2 Å². The molecule has 28 heavy (non-hydrogen) atoms. The van der Waals surface area contributed by atoms with E-state index in [9.17, 15) is 0 Å². The molecule has 0 saturated carbocycles. The Hall–Kier alpha value is -3.26. The second kappa shape index (κ2) is 7.05. The minimum Gasteiger partial charge on any atom is -0.353 e. The molecule has 1 saturated heterocycles. The monoisotopic (exact) mass is 392 g/mol. The number of nitrogens with zero attached hydrogens (tertiary/aromatic N) is 8. The average molecular weight is 393 g/mol. The topological polar surface area (TPSA) is 75.9 Å². The summed E-state index contributed by atoms with van der Waals surface area (Å²) in [6.45, 7) is 3.37. The fourth-order valence-corrected chi connectivity index (χ4v) is 3.50.